The minimum Gasteiger partial charge on any atom is -0.462 e. The molecule has 0 aromatic heterocycles. The summed E-state index contributed by atoms with van der Waals surface area (Å²) in [6.07, 6.45) is 60.3. The molecule has 1 unspecified atom stereocenters. The highest BCUT2D eigenvalue weighted by Crippen LogP contribution is 2.14. The number of carbonyl (C=O) groups is 3. The molecule has 0 aliphatic rings. The average Bonchev–Trinajstić information content (AvgIpc) is 3.24. The van der Waals surface area contributed by atoms with Crippen molar-refractivity contribution >= 4 is 17.9 Å². The summed E-state index contributed by atoms with van der Waals surface area (Å²) in [6.45, 7) is 6.40. The molecular formula is C54H92O6. The summed E-state index contributed by atoms with van der Waals surface area (Å²) in [5, 5.41) is 0. The monoisotopic (exact) mass is 837 g/mol. The first kappa shape index (κ1) is 56.9. The molecule has 0 aliphatic carbocycles. The lowest BCUT2D eigenvalue weighted by molar-refractivity contribution is -0.167. The fourth-order valence-corrected chi connectivity index (χ4v) is 6.71. The highest BCUT2D eigenvalue weighted by molar-refractivity contribution is 5.71. The first-order valence-corrected chi connectivity index (χ1v) is 25.0. The summed E-state index contributed by atoms with van der Waals surface area (Å²) in [6, 6.07) is 0. The van der Waals surface area contributed by atoms with Gasteiger partial charge in [0.2, 0.25) is 0 Å². The highest BCUT2D eigenvalue weighted by atomic mass is 16.6. The molecule has 0 N–H and O–H groups in total. The van der Waals surface area contributed by atoms with Crippen molar-refractivity contribution in [3.63, 3.8) is 0 Å². The van der Waals surface area contributed by atoms with Crippen molar-refractivity contribution in [3.8, 4) is 0 Å². The van der Waals surface area contributed by atoms with Crippen LogP contribution in [0.1, 0.15) is 233 Å². The van der Waals surface area contributed by atoms with Crippen LogP contribution in [0.5, 0.6) is 0 Å². The lowest BCUT2D eigenvalue weighted by Gasteiger charge is -2.18. The molecule has 0 radical (unpaired) electrons. The Bertz CT molecular complexity index is 1140. The van der Waals surface area contributed by atoms with Gasteiger partial charge in [0.25, 0.3) is 0 Å². The standard InChI is InChI=1S/C54H92O6/c1-4-7-10-13-16-19-22-24-25-26-27-28-29-31-32-35-38-41-44-47-53(56)59-50-51(49-58-52(55)46-43-40-37-34-21-18-15-12-9-6-3)60-54(57)48-45-42-39-36-33-30-23-20-17-14-11-8-5-2/h8,11,14-20,22-24,51H,4-7,9-10,12-13,21,25-50H2,1-3H3/b11-8-,17-14-,18-15-,19-16-,23-20-,24-22-. The zero-order chi connectivity index (χ0) is 43.7. The van der Waals surface area contributed by atoms with E-state index in [0.717, 1.165) is 103 Å². The molecule has 1 atom stereocenters. The highest BCUT2D eigenvalue weighted by Gasteiger charge is 2.19. The van der Waals surface area contributed by atoms with Gasteiger partial charge < -0.3 is 14.2 Å². The molecule has 0 aliphatic heterocycles. The number of carbonyl (C=O) groups excluding carboxylic acids is 3. The largest absolute Gasteiger partial charge is 0.462 e. The summed E-state index contributed by atoms with van der Waals surface area (Å²) in [7, 11) is 0. The van der Waals surface area contributed by atoms with Crippen LogP contribution in [-0.4, -0.2) is 37.2 Å². The zero-order valence-electron chi connectivity index (χ0n) is 39.2. The van der Waals surface area contributed by atoms with Gasteiger partial charge in [-0.1, -0.05) is 203 Å². The van der Waals surface area contributed by atoms with Gasteiger partial charge in [-0.15, -0.1) is 0 Å². The minimum absolute atomic E-state index is 0.0896. The van der Waals surface area contributed by atoms with E-state index in [2.05, 4.69) is 93.7 Å². The maximum Gasteiger partial charge on any atom is 0.306 e. The van der Waals surface area contributed by atoms with Gasteiger partial charge in [0, 0.05) is 19.3 Å². The second-order valence-electron chi connectivity index (χ2n) is 16.4. The number of ether oxygens (including phenoxy) is 3. The summed E-state index contributed by atoms with van der Waals surface area (Å²) < 4.78 is 16.7. The number of rotatable bonds is 44. The fraction of sp³-hybridized carbons (Fsp3) is 0.722. The number of esters is 3. The molecule has 0 saturated heterocycles. The van der Waals surface area contributed by atoms with E-state index in [9.17, 15) is 14.4 Å². The van der Waals surface area contributed by atoms with E-state index in [1.807, 2.05) is 0 Å². The molecule has 0 heterocycles. The Morgan fingerprint density at radius 3 is 1.12 bits per heavy atom. The lowest BCUT2D eigenvalue weighted by Crippen LogP contribution is -2.30. The van der Waals surface area contributed by atoms with Crippen LogP contribution in [0, 0.1) is 0 Å². The van der Waals surface area contributed by atoms with E-state index in [4.69, 9.17) is 14.2 Å². The minimum atomic E-state index is -0.790. The van der Waals surface area contributed by atoms with Crippen molar-refractivity contribution in [2.45, 2.75) is 239 Å². The maximum absolute atomic E-state index is 12.7. The van der Waals surface area contributed by atoms with Crippen LogP contribution >= 0.6 is 0 Å². The molecule has 60 heavy (non-hydrogen) atoms. The van der Waals surface area contributed by atoms with Crippen LogP contribution in [-0.2, 0) is 28.6 Å². The van der Waals surface area contributed by atoms with Crippen LogP contribution in [0.15, 0.2) is 72.9 Å². The van der Waals surface area contributed by atoms with E-state index in [1.165, 1.54) is 89.9 Å². The Balaban J connectivity index is 4.35. The van der Waals surface area contributed by atoms with Gasteiger partial charge in [-0.05, 0) is 83.5 Å². The Kier molecular flexibility index (Phi) is 46.0. The van der Waals surface area contributed by atoms with Crippen molar-refractivity contribution < 1.29 is 28.6 Å². The van der Waals surface area contributed by atoms with Crippen molar-refractivity contribution in [2.75, 3.05) is 13.2 Å². The van der Waals surface area contributed by atoms with Crippen molar-refractivity contribution in [1.82, 2.24) is 0 Å². The SMILES string of the molecule is CC\C=C/C=C\C=C/CCCCCCCC(=O)OC(COC(=O)CCCCCC/C=C\CCCC)COC(=O)CCCCCCCCCCCC/C=C\C=C/CCCCC. The molecule has 0 amide bonds. The van der Waals surface area contributed by atoms with E-state index >= 15 is 0 Å². The van der Waals surface area contributed by atoms with Crippen LogP contribution in [0.2, 0.25) is 0 Å². The Hall–Kier alpha value is -3.15. The second kappa shape index (κ2) is 48.5. The normalized spacial score (nSPS) is 12.7. The van der Waals surface area contributed by atoms with Crippen LogP contribution in [0.25, 0.3) is 0 Å². The van der Waals surface area contributed by atoms with Crippen molar-refractivity contribution in [1.29, 1.82) is 0 Å². The molecule has 0 bridgehead atoms. The van der Waals surface area contributed by atoms with Crippen molar-refractivity contribution in [3.05, 3.63) is 72.9 Å². The van der Waals surface area contributed by atoms with Gasteiger partial charge in [0.05, 0.1) is 0 Å². The summed E-state index contributed by atoms with van der Waals surface area (Å²) in [5.41, 5.74) is 0. The third-order valence-corrected chi connectivity index (χ3v) is 10.5. The lowest BCUT2D eigenvalue weighted by atomic mass is 10.1. The summed E-state index contributed by atoms with van der Waals surface area (Å²) in [4.78, 5) is 37.8. The molecule has 0 spiro atoms. The molecule has 0 aromatic rings. The Morgan fingerprint density at radius 1 is 0.350 bits per heavy atom. The first-order chi connectivity index (χ1) is 29.5. The van der Waals surface area contributed by atoms with E-state index in [0.29, 0.717) is 19.3 Å². The second-order valence-corrected chi connectivity index (χ2v) is 16.4. The quantitative estimate of drug-likeness (QED) is 0.0200. The van der Waals surface area contributed by atoms with Gasteiger partial charge >= 0.3 is 17.9 Å². The third-order valence-electron chi connectivity index (χ3n) is 10.5. The average molecular weight is 837 g/mol. The molecule has 0 aromatic carbocycles. The Labute approximate surface area is 370 Å². The van der Waals surface area contributed by atoms with Gasteiger partial charge in [0.15, 0.2) is 6.10 Å². The van der Waals surface area contributed by atoms with Gasteiger partial charge in [-0.3, -0.25) is 14.4 Å². The molecule has 0 saturated carbocycles. The Morgan fingerprint density at radius 2 is 0.683 bits per heavy atom. The van der Waals surface area contributed by atoms with Gasteiger partial charge in [-0.25, -0.2) is 0 Å². The van der Waals surface area contributed by atoms with Crippen LogP contribution in [0.3, 0.4) is 0 Å². The number of unbranched alkanes of at least 4 members (excludes halogenated alkanes) is 24. The fourth-order valence-electron chi connectivity index (χ4n) is 6.71. The molecule has 6 nitrogen and oxygen atoms in total. The third kappa shape index (κ3) is 45.9. The summed E-state index contributed by atoms with van der Waals surface area (Å²) in [5.74, 6) is -0.929. The van der Waals surface area contributed by atoms with Gasteiger partial charge in [-0.2, -0.15) is 0 Å². The van der Waals surface area contributed by atoms with Gasteiger partial charge in [0.1, 0.15) is 13.2 Å². The zero-order valence-corrected chi connectivity index (χ0v) is 39.2. The number of allylic oxidation sites excluding steroid dienone is 12. The number of hydrogen-bond acceptors (Lipinski definition) is 6. The van der Waals surface area contributed by atoms with E-state index in [1.54, 1.807) is 0 Å². The maximum atomic E-state index is 12.7. The number of hydrogen-bond donors (Lipinski definition) is 0. The predicted molar refractivity (Wildman–Crippen MR) is 256 cm³/mol. The molecule has 6 heteroatoms. The molecule has 0 fully saturated rings. The summed E-state index contributed by atoms with van der Waals surface area (Å²) >= 11 is 0. The predicted octanol–water partition coefficient (Wildman–Crippen LogP) is 16.3. The smallest absolute Gasteiger partial charge is 0.306 e. The molecule has 344 valence electrons. The van der Waals surface area contributed by atoms with Crippen molar-refractivity contribution in [2.24, 2.45) is 0 Å². The molecule has 0 rings (SSSR count). The van der Waals surface area contributed by atoms with Crippen LogP contribution in [0.4, 0.5) is 0 Å². The van der Waals surface area contributed by atoms with E-state index < -0.39 is 6.10 Å². The first-order valence-electron chi connectivity index (χ1n) is 25.0. The van der Waals surface area contributed by atoms with Crippen LogP contribution < -0.4 is 0 Å². The topological polar surface area (TPSA) is 78.9 Å². The van der Waals surface area contributed by atoms with E-state index in [-0.39, 0.29) is 31.1 Å². The molecular weight excluding hydrogens is 745 g/mol.